The highest BCUT2D eigenvalue weighted by Gasteiger charge is 2.06. The third-order valence-corrected chi connectivity index (χ3v) is 2.98. The lowest BCUT2D eigenvalue weighted by atomic mass is 10.2. The number of nitrogens with one attached hydrogen (secondary N) is 2. The van der Waals surface area contributed by atoms with Crippen molar-refractivity contribution in [2.45, 2.75) is 6.92 Å². The zero-order valence-electron chi connectivity index (χ0n) is 12.9. The highest BCUT2D eigenvalue weighted by molar-refractivity contribution is 5.61. The fraction of sp³-hybridized carbons (Fsp3) is 0.375. The number of anilines is 2. The molecule has 5 heteroatoms. The first-order valence-electron chi connectivity index (χ1n) is 7.26. The third kappa shape index (κ3) is 4.72. The van der Waals surface area contributed by atoms with E-state index in [4.69, 9.17) is 0 Å². The Balaban J connectivity index is 2.22. The summed E-state index contributed by atoms with van der Waals surface area (Å²) in [6.45, 7) is 4.71. The number of nitrogens with zero attached hydrogens (tertiary/aromatic N) is 3. The number of likely N-dealkylation sites (N-methyl/N-ethyl adjacent to an activating group) is 1. The Kier molecular flexibility index (Phi) is 5.51. The molecule has 5 nitrogen and oxygen atoms in total. The number of aromatic nitrogens is 2. The molecule has 2 aromatic rings. The van der Waals surface area contributed by atoms with Gasteiger partial charge in [-0.1, -0.05) is 30.3 Å². The predicted molar refractivity (Wildman–Crippen MR) is 88.7 cm³/mol. The van der Waals surface area contributed by atoms with Gasteiger partial charge in [-0.05, 0) is 21.0 Å². The monoisotopic (exact) mass is 285 g/mol. The number of hydrogen-bond donors (Lipinski definition) is 2. The molecule has 0 saturated carbocycles. The minimum absolute atomic E-state index is 0.737. The van der Waals surface area contributed by atoms with Crippen LogP contribution < -0.4 is 10.6 Å². The minimum Gasteiger partial charge on any atom is -0.370 e. The standard InChI is InChI=1S/C16H23N5/c1-4-17-14-12-15(18-10-11-21(2)3)20-16(19-14)13-8-6-5-7-9-13/h5-9,12H,4,10-11H2,1-3H3,(H2,17,18,19,20). The second kappa shape index (κ2) is 7.59. The van der Waals surface area contributed by atoms with Crippen molar-refractivity contribution in [1.29, 1.82) is 0 Å². The van der Waals surface area contributed by atoms with Crippen LogP contribution in [0.25, 0.3) is 11.4 Å². The van der Waals surface area contributed by atoms with Crippen LogP contribution in [0.3, 0.4) is 0 Å². The molecule has 0 aliphatic rings. The molecule has 0 fully saturated rings. The number of benzene rings is 1. The van der Waals surface area contributed by atoms with Crippen molar-refractivity contribution >= 4 is 11.6 Å². The largest absolute Gasteiger partial charge is 0.370 e. The lowest BCUT2D eigenvalue weighted by Gasteiger charge is -2.13. The Bertz CT molecular complexity index is 554. The van der Waals surface area contributed by atoms with Crippen LogP contribution in [-0.2, 0) is 0 Å². The van der Waals surface area contributed by atoms with Crippen molar-refractivity contribution in [3.63, 3.8) is 0 Å². The lowest BCUT2D eigenvalue weighted by Crippen LogP contribution is -2.21. The lowest BCUT2D eigenvalue weighted by molar-refractivity contribution is 0.425. The molecule has 0 radical (unpaired) electrons. The molecule has 0 bridgehead atoms. The van der Waals surface area contributed by atoms with Crippen LogP contribution in [0, 0.1) is 0 Å². The quantitative estimate of drug-likeness (QED) is 0.819. The van der Waals surface area contributed by atoms with Gasteiger partial charge in [0.25, 0.3) is 0 Å². The van der Waals surface area contributed by atoms with Crippen LogP contribution in [0.2, 0.25) is 0 Å². The van der Waals surface area contributed by atoms with Crippen molar-refractivity contribution < 1.29 is 0 Å². The van der Waals surface area contributed by atoms with Crippen molar-refractivity contribution in [1.82, 2.24) is 14.9 Å². The van der Waals surface area contributed by atoms with Gasteiger partial charge in [0, 0.05) is 31.3 Å². The van der Waals surface area contributed by atoms with Gasteiger partial charge >= 0.3 is 0 Å². The van der Waals surface area contributed by atoms with E-state index in [1.54, 1.807) is 0 Å². The van der Waals surface area contributed by atoms with E-state index in [0.29, 0.717) is 0 Å². The Labute approximate surface area is 126 Å². The summed E-state index contributed by atoms with van der Waals surface area (Å²) >= 11 is 0. The molecular weight excluding hydrogens is 262 g/mol. The first-order chi connectivity index (χ1) is 10.2. The Morgan fingerprint density at radius 2 is 1.67 bits per heavy atom. The van der Waals surface area contributed by atoms with E-state index < -0.39 is 0 Å². The summed E-state index contributed by atoms with van der Waals surface area (Å²) in [5.74, 6) is 2.43. The van der Waals surface area contributed by atoms with Gasteiger partial charge in [0.15, 0.2) is 5.82 Å². The molecule has 0 aliphatic heterocycles. The van der Waals surface area contributed by atoms with Gasteiger partial charge in [-0.15, -0.1) is 0 Å². The maximum absolute atomic E-state index is 4.60. The molecule has 0 atom stereocenters. The number of hydrogen-bond acceptors (Lipinski definition) is 5. The van der Waals surface area contributed by atoms with Gasteiger partial charge in [-0.2, -0.15) is 0 Å². The predicted octanol–water partition coefficient (Wildman–Crippen LogP) is 2.55. The van der Waals surface area contributed by atoms with Crippen LogP contribution in [0.4, 0.5) is 11.6 Å². The van der Waals surface area contributed by atoms with Crippen LogP contribution in [0.1, 0.15) is 6.92 Å². The summed E-state index contributed by atoms with van der Waals surface area (Å²) < 4.78 is 0. The molecule has 0 saturated heterocycles. The molecular formula is C16H23N5. The summed E-state index contributed by atoms with van der Waals surface area (Å²) in [5.41, 5.74) is 1.02. The maximum Gasteiger partial charge on any atom is 0.163 e. The smallest absolute Gasteiger partial charge is 0.163 e. The van der Waals surface area contributed by atoms with Gasteiger partial charge in [0.1, 0.15) is 11.6 Å². The van der Waals surface area contributed by atoms with E-state index in [9.17, 15) is 0 Å². The number of rotatable bonds is 7. The summed E-state index contributed by atoms with van der Waals surface area (Å²) in [6.07, 6.45) is 0. The van der Waals surface area contributed by atoms with E-state index in [1.165, 1.54) is 0 Å². The molecule has 21 heavy (non-hydrogen) atoms. The molecule has 0 amide bonds. The van der Waals surface area contributed by atoms with Crippen LogP contribution >= 0.6 is 0 Å². The molecule has 1 heterocycles. The first kappa shape index (κ1) is 15.3. The van der Waals surface area contributed by atoms with Gasteiger partial charge in [0.2, 0.25) is 0 Å². The summed E-state index contributed by atoms with van der Waals surface area (Å²) in [4.78, 5) is 11.3. The van der Waals surface area contributed by atoms with Gasteiger partial charge in [-0.25, -0.2) is 9.97 Å². The molecule has 0 aliphatic carbocycles. The molecule has 1 aromatic heterocycles. The second-order valence-electron chi connectivity index (χ2n) is 5.09. The zero-order valence-corrected chi connectivity index (χ0v) is 12.9. The fourth-order valence-corrected chi connectivity index (χ4v) is 1.93. The topological polar surface area (TPSA) is 53.1 Å². The minimum atomic E-state index is 0.737. The molecule has 112 valence electrons. The fourth-order valence-electron chi connectivity index (χ4n) is 1.93. The average molecular weight is 285 g/mol. The highest BCUT2D eigenvalue weighted by atomic mass is 15.1. The molecule has 0 unspecified atom stereocenters. The average Bonchev–Trinajstić information content (AvgIpc) is 2.48. The first-order valence-corrected chi connectivity index (χ1v) is 7.26. The van der Waals surface area contributed by atoms with E-state index in [-0.39, 0.29) is 0 Å². The van der Waals surface area contributed by atoms with Crippen molar-refractivity contribution in [3.05, 3.63) is 36.4 Å². The third-order valence-electron chi connectivity index (χ3n) is 2.98. The van der Waals surface area contributed by atoms with Crippen LogP contribution in [-0.4, -0.2) is 48.6 Å². The highest BCUT2D eigenvalue weighted by Crippen LogP contribution is 2.19. The van der Waals surface area contributed by atoms with E-state index >= 15 is 0 Å². The van der Waals surface area contributed by atoms with Gasteiger partial charge in [-0.3, -0.25) is 0 Å². The normalized spacial score (nSPS) is 10.7. The Hall–Kier alpha value is -2.14. The molecule has 2 rings (SSSR count). The zero-order chi connectivity index (χ0) is 15.1. The molecule has 2 N–H and O–H groups in total. The van der Waals surface area contributed by atoms with Crippen molar-refractivity contribution in [3.8, 4) is 11.4 Å². The second-order valence-corrected chi connectivity index (χ2v) is 5.09. The maximum atomic E-state index is 4.60. The van der Waals surface area contributed by atoms with E-state index in [0.717, 1.165) is 42.7 Å². The Morgan fingerprint density at radius 3 is 2.29 bits per heavy atom. The van der Waals surface area contributed by atoms with E-state index in [2.05, 4.69) is 46.5 Å². The summed E-state index contributed by atoms with van der Waals surface area (Å²) in [5, 5.41) is 6.61. The molecule has 1 aromatic carbocycles. The summed E-state index contributed by atoms with van der Waals surface area (Å²) in [7, 11) is 4.11. The van der Waals surface area contributed by atoms with Gasteiger partial charge < -0.3 is 15.5 Å². The SMILES string of the molecule is CCNc1cc(NCCN(C)C)nc(-c2ccccc2)n1. The Morgan fingerprint density at radius 1 is 1.00 bits per heavy atom. The van der Waals surface area contributed by atoms with Gasteiger partial charge in [0.05, 0.1) is 0 Å². The van der Waals surface area contributed by atoms with Crippen LogP contribution in [0.5, 0.6) is 0 Å². The van der Waals surface area contributed by atoms with Crippen molar-refractivity contribution in [2.75, 3.05) is 44.4 Å². The van der Waals surface area contributed by atoms with E-state index in [1.807, 2.05) is 36.4 Å². The van der Waals surface area contributed by atoms with Crippen molar-refractivity contribution in [2.24, 2.45) is 0 Å². The molecule has 0 spiro atoms. The summed E-state index contributed by atoms with van der Waals surface area (Å²) in [6, 6.07) is 12.0. The van der Waals surface area contributed by atoms with Crippen LogP contribution in [0.15, 0.2) is 36.4 Å².